The Balaban J connectivity index is 2.00. The van der Waals surface area contributed by atoms with E-state index in [4.69, 9.17) is 10.5 Å². The highest BCUT2D eigenvalue weighted by atomic mass is 16.5. The van der Waals surface area contributed by atoms with Crippen LogP contribution >= 0.6 is 0 Å². The Kier molecular flexibility index (Phi) is 4.60. The lowest BCUT2D eigenvalue weighted by molar-refractivity contribution is -0.119. The number of rotatable bonds is 7. The standard InChI is InChI=1S/C13H21N5O2/c1-3-6-20-13-11(14)12(15-8-16-13)18(2)7-10(19)17-9-4-5-9/h8-9H,3-7,14H2,1-2H3,(H,17,19). The Labute approximate surface area is 118 Å². The molecule has 0 radical (unpaired) electrons. The van der Waals surface area contributed by atoms with Gasteiger partial charge in [0.2, 0.25) is 11.8 Å². The van der Waals surface area contributed by atoms with E-state index >= 15 is 0 Å². The van der Waals surface area contributed by atoms with E-state index in [2.05, 4.69) is 15.3 Å². The molecule has 3 N–H and O–H groups in total. The number of nitrogens with one attached hydrogen (secondary N) is 1. The van der Waals surface area contributed by atoms with E-state index in [1.54, 1.807) is 11.9 Å². The second kappa shape index (κ2) is 6.40. The SMILES string of the molecule is CCCOc1ncnc(N(C)CC(=O)NC2CC2)c1N. The summed E-state index contributed by atoms with van der Waals surface area (Å²) in [6.45, 7) is 2.77. The van der Waals surface area contributed by atoms with Crippen molar-refractivity contribution in [3.05, 3.63) is 6.33 Å². The van der Waals surface area contributed by atoms with Crippen LogP contribution in [0.4, 0.5) is 11.5 Å². The van der Waals surface area contributed by atoms with Crippen LogP contribution in [0.2, 0.25) is 0 Å². The van der Waals surface area contributed by atoms with Gasteiger partial charge in [-0.25, -0.2) is 4.98 Å². The second-order valence-electron chi connectivity index (χ2n) is 4.96. The number of likely N-dealkylation sites (N-methyl/N-ethyl adjacent to an activating group) is 1. The van der Waals surface area contributed by atoms with Gasteiger partial charge in [-0.2, -0.15) is 4.98 Å². The molecule has 0 unspecified atom stereocenters. The molecule has 1 aromatic rings. The molecule has 20 heavy (non-hydrogen) atoms. The minimum absolute atomic E-state index is 0.0240. The molecule has 0 aliphatic heterocycles. The molecular weight excluding hydrogens is 258 g/mol. The topological polar surface area (TPSA) is 93.4 Å². The first-order valence-electron chi connectivity index (χ1n) is 6.85. The van der Waals surface area contributed by atoms with Crippen molar-refractivity contribution < 1.29 is 9.53 Å². The third kappa shape index (κ3) is 3.72. The number of amides is 1. The smallest absolute Gasteiger partial charge is 0.242 e. The largest absolute Gasteiger partial charge is 0.476 e. The monoisotopic (exact) mass is 279 g/mol. The van der Waals surface area contributed by atoms with Gasteiger partial charge in [-0.05, 0) is 19.3 Å². The number of ether oxygens (including phenoxy) is 1. The van der Waals surface area contributed by atoms with Crippen LogP contribution in [0.5, 0.6) is 5.88 Å². The quantitative estimate of drug-likeness (QED) is 0.757. The third-order valence-electron chi connectivity index (χ3n) is 2.95. The summed E-state index contributed by atoms with van der Waals surface area (Å²) in [4.78, 5) is 21.6. The molecule has 0 saturated heterocycles. The summed E-state index contributed by atoms with van der Waals surface area (Å²) in [7, 11) is 1.77. The highest BCUT2D eigenvalue weighted by Crippen LogP contribution is 2.27. The predicted molar refractivity (Wildman–Crippen MR) is 76.7 cm³/mol. The molecule has 110 valence electrons. The zero-order chi connectivity index (χ0) is 14.5. The minimum atomic E-state index is -0.0240. The maximum absolute atomic E-state index is 11.8. The first-order valence-corrected chi connectivity index (χ1v) is 6.85. The molecular formula is C13H21N5O2. The number of nitrogens with two attached hydrogens (primary N) is 1. The van der Waals surface area contributed by atoms with Crippen LogP contribution in [0.1, 0.15) is 26.2 Å². The van der Waals surface area contributed by atoms with Crippen molar-refractivity contribution in [3.8, 4) is 5.88 Å². The van der Waals surface area contributed by atoms with E-state index in [1.807, 2.05) is 6.92 Å². The summed E-state index contributed by atoms with van der Waals surface area (Å²) in [6.07, 6.45) is 4.41. The molecule has 0 atom stereocenters. The first-order chi connectivity index (χ1) is 9.61. The Hall–Kier alpha value is -2.05. The summed E-state index contributed by atoms with van der Waals surface area (Å²) in [5.74, 6) is 0.854. The normalized spacial score (nSPS) is 13.9. The summed E-state index contributed by atoms with van der Waals surface area (Å²) in [6, 6.07) is 0.349. The van der Waals surface area contributed by atoms with Crippen molar-refractivity contribution in [2.45, 2.75) is 32.2 Å². The van der Waals surface area contributed by atoms with Crippen LogP contribution in [0.15, 0.2) is 6.33 Å². The van der Waals surface area contributed by atoms with Gasteiger partial charge in [0.25, 0.3) is 0 Å². The molecule has 7 nitrogen and oxygen atoms in total. The maximum atomic E-state index is 11.8. The van der Waals surface area contributed by atoms with Crippen LogP contribution in [-0.2, 0) is 4.79 Å². The minimum Gasteiger partial charge on any atom is -0.476 e. The number of anilines is 2. The van der Waals surface area contributed by atoms with Crippen molar-refractivity contribution in [2.24, 2.45) is 0 Å². The maximum Gasteiger partial charge on any atom is 0.242 e. The molecule has 1 fully saturated rings. The molecule has 1 amide bonds. The average molecular weight is 279 g/mol. The molecule has 1 saturated carbocycles. The van der Waals surface area contributed by atoms with Crippen LogP contribution < -0.4 is 20.7 Å². The fourth-order valence-electron chi connectivity index (χ4n) is 1.78. The molecule has 0 bridgehead atoms. The molecule has 7 heteroatoms. The molecule has 1 heterocycles. The summed E-state index contributed by atoms with van der Waals surface area (Å²) >= 11 is 0. The van der Waals surface area contributed by atoms with E-state index in [0.29, 0.717) is 30.0 Å². The van der Waals surface area contributed by atoms with Crippen LogP contribution in [-0.4, -0.2) is 42.1 Å². The van der Waals surface area contributed by atoms with Gasteiger partial charge in [0.15, 0.2) is 5.82 Å². The lowest BCUT2D eigenvalue weighted by atomic mass is 10.4. The van der Waals surface area contributed by atoms with Crippen LogP contribution in [0.25, 0.3) is 0 Å². The van der Waals surface area contributed by atoms with Crippen molar-refractivity contribution in [1.82, 2.24) is 15.3 Å². The van der Waals surface area contributed by atoms with E-state index in [1.165, 1.54) is 6.33 Å². The summed E-state index contributed by atoms with van der Waals surface area (Å²) in [5, 5.41) is 2.93. The lowest BCUT2D eigenvalue weighted by Gasteiger charge is -2.20. The molecule has 1 aromatic heterocycles. The molecule has 0 aromatic carbocycles. The number of carbonyl (C=O) groups excluding carboxylic acids is 1. The number of nitrogens with zero attached hydrogens (tertiary/aromatic N) is 3. The van der Waals surface area contributed by atoms with Gasteiger partial charge in [-0.1, -0.05) is 6.92 Å². The Morgan fingerprint density at radius 1 is 1.55 bits per heavy atom. The fraction of sp³-hybridized carbons (Fsp3) is 0.615. The molecule has 0 spiro atoms. The van der Waals surface area contributed by atoms with Crippen molar-refractivity contribution >= 4 is 17.4 Å². The summed E-state index contributed by atoms with van der Waals surface area (Å²) < 4.78 is 5.45. The number of nitrogen functional groups attached to an aromatic ring is 1. The number of hydrogen-bond acceptors (Lipinski definition) is 6. The predicted octanol–water partition coefficient (Wildman–Crippen LogP) is 0.562. The zero-order valence-electron chi connectivity index (χ0n) is 11.9. The van der Waals surface area contributed by atoms with Crippen molar-refractivity contribution in [2.75, 3.05) is 30.8 Å². The second-order valence-corrected chi connectivity index (χ2v) is 4.96. The van der Waals surface area contributed by atoms with Crippen LogP contribution in [0.3, 0.4) is 0 Å². The van der Waals surface area contributed by atoms with Gasteiger partial charge in [0.1, 0.15) is 12.0 Å². The van der Waals surface area contributed by atoms with Gasteiger partial charge in [0, 0.05) is 13.1 Å². The first kappa shape index (κ1) is 14.4. The molecule has 2 rings (SSSR count). The van der Waals surface area contributed by atoms with Crippen molar-refractivity contribution in [3.63, 3.8) is 0 Å². The number of aromatic nitrogens is 2. The van der Waals surface area contributed by atoms with Gasteiger partial charge >= 0.3 is 0 Å². The van der Waals surface area contributed by atoms with Gasteiger partial charge in [0.05, 0.1) is 13.2 Å². The van der Waals surface area contributed by atoms with E-state index in [-0.39, 0.29) is 12.5 Å². The summed E-state index contributed by atoms with van der Waals surface area (Å²) in [5.41, 5.74) is 6.35. The zero-order valence-corrected chi connectivity index (χ0v) is 11.9. The van der Waals surface area contributed by atoms with E-state index in [9.17, 15) is 4.79 Å². The Morgan fingerprint density at radius 2 is 2.30 bits per heavy atom. The van der Waals surface area contributed by atoms with Gasteiger partial charge in [-0.3, -0.25) is 4.79 Å². The van der Waals surface area contributed by atoms with Crippen molar-refractivity contribution in [1.29, 1.82) is 0 Å². The Bertz CT molecular complexity index is 476. The number of carbonyl (C=O) groups is 1. The average Bonchev–Trinajstić information content (AvgIpc) is 3.21. The van der Waals surface area contributed by atoms with E-state index in [0.717, 1.165) is 19.3 Å². The third-order valence-corrected chi connectivity index (χ3v) is 2.95. The molecule has 1 aliphatic rings. The van der Waals surface area contributed by atoms with Crippen LogP contribution in [0, 0.1) is 0 Å². The highest BCUT2D eigenvalue weighted by Gasteiger charge is 2.24. The lowest BCUT2D eigenvalue weighted by Crippen LogP contribution is -2.36. The van der Waals surface area contributed by atoms with Gasteiger partial charge < -0.3 is 20.7 Å². The highest BCUT2D eigenvalue weighted by molar-refractivity contribution is 5.83. The fourth-order valence-corrected chi connectivity index (χ4v) is 1.78. The Morgan fingerprint density at radius 3 is 2.95 bits per heavy atom. The van der Waals surface area contributed by atoms with Gasteiger partial charge in [-0.15, -0.1) is 0 Å². The van der Waals surface area contributed by atoms with E-state index < -0.39 is 0 Å². The number of hydrogen-bond donors (Lipinski definition) is 2. The molecule has 1 aliphatic carbocycles.